The fraction of sp³-hybridized carbons (Fsp3) is 0.333. The molecule has 0 atom stereocenters. The molecule has 0 amide bonds. The number of carbonyl (C=O) groups is 1. The minimum Gasteiger partial charge on any atom is -0.478 e. The molecule has 6 nitrogen and oxygen atoms in total. The van der Waals surface area contributed by atoms with E-state index in [4.69, 9.17) is 32.5 Å². The third-order valence-electron chi connectivity index (χ3n) is 7.03. The number of anilines is 1. The number of fused-ring (bicyclic) bond motifs is 1. The maximum atomic E-state index is 11.4. The van der Waals surface area contributed by atoms with Crippen LogP contribution in [0.4, 0.5) is 5.69 Å². The van der Waals surface area contributed by atoms with Gasteiger partial charge in [0.1, 0.15) is 11.5 Å². The van der Waals surface area contributed by atoms with Crippen molar-refractivity contribution in [1.82, 2.24) is 5.16 Å². The van der Waals surface area contributed by atoms with Gasteiger partial charge in [-0.1, -0.05) is 40.5 Å². The van der Waals surface area contributed by atoms with Gasteiger partial charge in [0.2, 0.25) is 0 Å². The van der Waals surface area contributed by atoms with E-state index in [0.717, 1.165) is 65.9 Å². The van der Waals surface area contributed by atoms with Crippen molar-refractivity contribution in [3.63, 3.8) is 0 Å². The van der Waals surface area contributed by atoms with Gasteiger partial charge in [0.15, 0.2) is 0 Å². The molecule has 0 spiro atoms. The zero-order chi connectivity index (χ0) is 24.8. The van der Waals surface area contributed by atoms with Crippen molar-refractivity contribution in [2.75, 3.05) is 18.0 Å². The summed E-state index contributed by atoms with van der Waals surface area (Å²) in [6, 6.07) is 11.5. The highest BCUT2D eigenvalue weighted by molar-refractivity contribution is 7.17. The second-order valence-corrected chi connectivity index (χ2v) is 11.1. The van der Waals surface area contributed by atoms with Gasteiger partial charge < -0.3 is 19.3 Å². The lowest BCUT2D eigenvalue weighted by Crippen LogP contribution is -2.37. The molecule has 9 heteroatoms. The predicted molar refractivity (Wildman–Crippen MR) is 143 cm³/mol. The summed E-state index contributed by atoms with van der Waals surface area (Å²) < 4.78 is 13.1. The summed E-state index contributed by atoms with van der Waals surface area (Å²) in [5, 5.41) is 17.3. The van der Waals surface area contributed by atoms with Crippen LogP contribution >= 0.6 is 34.5 Å². The van der Waals surface area contributed by atoms with E-state index in [2.05, 4.69) is 16.1 Å². The number of halogens is 2. The first-order valence-corrected chi connectivity index (χ1v) is 13.7. The van der Waals surface area contributed by atoms with E-state index in [-0.39, 0.29) is 6.10 Å². The van der Waals surface area contributed by atoms with Gasteiger partial charge in [-0.15, -0.1) is 11.3 Å². The van der Waals surface area contributed by atoms with Gasteiger partial charge in [-0.2, -0.15) is 0 Å². The van der Waals surface area contributed by atoms with E-state index in [1.807, 2.05) is 30.3 Å². The van der Waals surface area contributed by atoms with Crippen LogP contribution in [-0.4, -0.2) is 35.4 Å². The molecule has 1 aliphatic heterocycles. The molecule has 0 radical (unpaired) electrons. The van der Waals surface area contributed by atoms with Gasteiger partial charge in [0, 0.05) is 51.3 Å². The molecule has 186 valence electrons. The van der Waals surface area contributed by atoms with Crippen LogP contribution in [0, 0.1) is 0 Å². The Bertz CT molecular complexity index is 1420. The second kappa shape index (κ2) is 9.71. The molecule has 3 heterocycles. The van der Waals surface area contributed by atoms with Crippen molar-refractivity contribution < 1.29 is 19.2 Å². The molecular weight excluding hydrogens is 519 g/mol. The Balaban J connectivity index is 1.14. The molecule has 0 unspecified atom stereocenters. The molecule has 2 aliphatic rings. The molecule has 1 saturated carbocycles. The number of thiophene rings is 1. The van der Waals surface area contributed by atoms with Gasteiger partial charge >= 0.3 is 5.97 Å². The maximum absolute atomic E-state index is 11.4. The number of carboxylic acids is 1. The summed E-state index contributed by atoms with van der Waals surface area (Å²) in [5.74, 6) is 0.398. The van der Waals surface area contributed by atoms with Crippen molar-refractivity contribution in [2.24, 2.45) is 0 Å². The smallest absolute Gasteiger partial charge is 0.337 e. The minimum atomic E-state index is -0.885. The summed E-state index contributed by atoms with van der Waals surface area (Å²) in [6.45, 7) is 2.15. The molecular formula is C27H24Cl2N2O4S. The Morgan fingerprint density at radius 3 is 2.58 bits per heavy atom. The van der Waals surface area contributed by atoms with Crippen molar-refractivity contribution >= 4 is 56.3 Å². The summed E-state index contributed by atoms with van der Waals surface area (Å²) in [6.07, 6.45) is 4.11. The van der Waals surface area contributed by atoms with Crippen LogP contribution in [0.5, 0.6) is 0 Å². The number of ether oxygens (including phenoxy) is 1. The number of piperidine rings is 1. The zero-order valence-corrected chi connectivity index (χ0v) is 21.7. The topological polar surface area (TPSA) is 75.8 Å². The molecule has 36 heavy (non-hydrogen) atoms. The molecule has 6 rings (SSSR count). The van der Waals surface area contributed by atoms with Gasteiger partial charge in [-0.05, 0) is 49.9 Å². The minimum absolute atomic E-state index is 0.127. The quantitative estimate of drug-likeness (QED) is 0.258. The average Bonchev–Trinajstić information content (AvgIpc) is 3.49. The van der Waals surface area contributed by atoms with Gasteiger partial charge in [0.25, 0.3) is 0 Å². The summed E-state index contributed by atoms with van der Waals surface area (Å²) in [5.41, 5.74) is 3.80. The van der Waals surface area contributed by atoms with E-state index >= 15 is 0 Å². The highest BCUT2D eigenvalue weighted by atomic mass is 35.5. The van der Waals surface area contributed by atoms with Crippen molar-refractivity contribution in [3.05, 3.63) is 68.7 Å². The van der Waals surface area contributed by atoms with E-state index < -0.39 is 5.97 Å². The van der Waals surface area contributed by atoms with Crippen LogP contribution in [0.1, 0.15) is 53.3 Å². The number of nitrogens with zero attached hydrogens (tertiary/aromatic N) is 2. The molecule has 4 aromatic rings. The second-order valence-electron chi connectivity index (χ2n) is 9.38. The van der Waals surface area contributed by atoms with Gasteiger partial charge in [-0.25, -0.2) is 4.79 Å². The third-order valence-corrected chi connectivity index (χ3v) is 8.60. The zero-order valence-electron chi connectivity index (χ0n) is 19.4. The highest BCUT2D eigenvalue weighted by Crippen LogP contribution is 2.46. The Morgan fingerprint density at radius 1 is 1.14 bits per heavy atom. The number of hydrogen-bond acceptors (Lipinski definition) is 6. The van der Waals surface area contributed by atoms with E-state index in [1.54, 1.807) is 5.38 Å². The molecule has 0 bridgehead atoms. The van der Waals surface area contributed by atoms with Crippen molar-refractivity contribution in [1.29, 1.82) is 0 Å². The van der Waals surface area contributed by atoms with E-state index in [0.29, 0.717) is 39.4 Å². The maximum Gasteiger partial charge on any atom is 0.337 e. The summed E-state index contributed by atoms with van der Waals surface area (Å²) in [7, 11) is 0. The number of aromatic carboxylic acids is 1. The van der Waals surface area contributed by atoms with Crippen LogP contribution in [-0.2, 0) is 11.3 Å². The molecule has 2 aromatic heterocycles. The molecule has 1 aliphatic carbocycles. The predicted octanol–water partition coefficient (Wildman–Crippen LogP) is 7.62. The monoisotopic (exact) mass is 542 g/mol. The standard InChI is InChI=1S/C27H24Cl2N2O4S/c28-21-2-1-3-22(29)24(21)25-19(26(35-30-25)15-4-5-15)13-34-17-8-10-31(11-9-17)16-6-7-18-20(27(32)33)14-36-23(18)12-16/h1-3,6-7,12,14-15,17H,4-5,8-11,13H2,(H,32,33). The van der Waals surface area contributed by atoms with Crippen LogP contribution in [0.2, 0.25) is 10.0 Å². The molecule has 1 N–H and O–H groups in total. The van der Waals surface area contributed by atoms with Crippen LogP contribution in [0.15, 0.2) is 46.3 Å². The van der Waals surface area contributed by atoms with Crippen LogP contribution in [0.25, 0.3) is 21.3 Å². The first-order valence-electron chi connectivity index (χ1n) is 12.0. The van der Waals surface area contributed by atoms with Crippen LogP contribution in [0.3, 0.4) is 0 Å². The Hall–Kier alpha value is -2.58. The first kappa shape index (κ1) is 23.8. The van der Waals surface area contributed by atoms with Crippen molar-refractivity contribution in [2.45, 2.75) is 44.3 Å². The average molecular weight is 543 g/mol. The number of benzene rings is 2. The third kappa shape index (κ3) is 4.50. The van der Waals surface area contributed by atoms with E-state index in [1.165, 1.54) is 11.3 Å². The highest BCUT2D eigenvalue weighted by Gasteiger charge is 2.34. The fourth-order valence-corrected chi connectivity index (χ4v) is 6.45. The summed E-state index contributed by atoms with van der Waals surface area (Å²) >= 11 is 14.4. The normalized spacial score (nSPS) is 16.7. The lowest BCUT2D eigenvalue weighted by molar-refractivity contribution is 0.0246. The first-order chi connectivity index (χ1) is 17.5. The van der Waals surface area contributed by atoms with Gasteiger partial charge in [-0.3, -0.25) is 0 Å². The van der Waals surface area contributed by atoms with Crippen LogP contribution < -0.4 is 4.90 Å². The molecule has 2 aromatic carbocycles. The SMILES string of the molecule is O=C(O)c1csc2cc(N3CCC(OCc4c(-c5c(Cl)cccc5Cl)noc4C4CC4)CC3)ccc12. The number of hydrogen-bond donors (Lipinski definition) is 1. The Morgan fingerprint density at radius 2 is 1.89 bits per heavy atom. The van der Waals surface area contributed by atoms with E-state index in [9.17, 15) is 9.90 Å². The lowest BCUT2D eigenvalue weighted by Gasteiger charge is -2.33. The number of aromatic nitrogens is 1. The van der Waals surface area contributed by atoms with Crippen molar-refractivity contribution in [3.8, 4) is 11.3 Å². The molecule has 2 fully saturated rings. The van der Waals surface area contributed by atoms with Gasteiger partial charge in [0.05, 0.1) is 28.3 Å². The summed E-state index contributed by atoms with van der Waals surface area (Å²) in [4.78, 5) is 13.7. The fourth-order valence-electron chi connectivity index (χ4n) is 4.91. The molecule has 1 saturated heterocycles. The number of rotatable bonds is 7. The largest absolute Gasteiger partial charge is 0.478 e. The lowest BCUT2D eigenvalue weighted by atomic mass is 10.0. The number of carboxylic acid groups (broad SMARTS) is 1. The Kier molecular flexibility index (Phi) is 6.42. The Labute approximate surface area is 222 Å².